The summed E-state index contributed by atoms with van der Waals surface area (Å²) in [5.41, 5.74) is 3.88. The summed E-state index contributed by atoms with van der Waals surface area (Å²) in [4.78, 5) is 9.41. The summed E-state index contributed by atoms with van der Waals surface area (Å²) in [5.74, 6) is 1.36. The Balaban J connectivity index is 1.33. The van der Waals surface area contributed by atoms with Crippen molar-refractivity contribution in [2.75, 3.05) is 18.4 Å². The first kappa shape index (κ1) is 24.9. The molecule has 1 aliphatic rings. The van der Waals surface area contributed by atoms with E-state index in [0.717, 1.165) is 32.8 Å². The third kappa shape index (κ3) is 5.02. The summed E-state index contributed by atoms with van der Waals surface area (Å²) in [6, 6.07) is 13.2. The minimum atomic E-state index is -3.52. The molecule has 0 saturated carbocycles. The van der Waals surface area contributed by atoms with E-state index in [1.165, 1.54) is 0 Å². The standard InChI is InChI=1S/C26H29BrN6O2S/c1-18(2)20-5-7-22(8-6-20)36(34,35)32-12-9-21(10-13-32)24-14-25(29-16-19-4-3-11-28-15-19)33-26(31-24)23(27)17-30-33/h3-8,11,14-15,17-18,21,29H,9-10,12-13,16H2,1-2H3. The van der Waals surface area contributed by atoms with Gasteiger partial charge in [-0.1, -0.05) is 32.0 Å². The van der Waals surface area contributed by atoms with Crippen LogP contribution in [-0.2, 0) is 16.6 Å². The van der Waals surface area contributed by atoms with Crippen molar-refractivity contribution in [3.8, 4) is 0 Å². The average molecular weight is 570 g/mol. The van der Waals surface area contributed by atoms with Crippen LogP contribution < -0.4 is 5.32 Å². The van der Waals surface area contributed by atoms with Gasteiger partial charge in [-0.15, -0.1) is 0 Å². The first-order valence-electron chi connectivity index (χ1n) is 12.1. The van der Waals surface area contributed by atoms with Gasteiger partial charge in [0.25, 0.3) is 0 Å². The second kappa shape index (κ2) is 10.3. The molecule has 0 aliphatic carbocycles. The number of benzene rings is 1. The van der Waals surface area contributed by atoms with E-state index < -0.39 is 10.0 Å². The number of nitrogens with zero attached hydrogens (tertiary/aromatic N) is 5. The van der Waals surface area contributed by atoms with E-state index in [-0.39, 0.29) is 5.92 Å². The lowest BCUT2D eigenvalue weighted by Crippen LogP contribution is -2.38. The quantitative estimate of drug-likeness (QED) is 0.330. The van der Waals surface area contributed by atoms with Crippen LogP contribution in [0.4, 0.5) is 5.82 Å². The van der Waals surface area contributed by atoms with Crippen LogP contribution in [0.2, 0.25) is 0 Å². The Labute approximate surface area is 220 Å². The van der Waals surface area contributed by atoms with Gasteiger partial charge in [0.2, 0.25) is 10.0 Å². The van der Waals surface area contributed by atoms with E-state index in [1.807, 2.05) is 36.5 Å². The smallest absolute Gasteiger partial charge is 0.243 e. The Morgan fingerprint density at radius 2 is 1.86 bits per heavy atom. The predicted molar refractivity (Wildman–Crippen MR) is 144 cm³/mol. The number of nitrogens with one attached hydrogen (secondary N) is 1. The third-order valence-electron chi connectivity index (χ3n) is 6.70. The van der Waals surface area contributed by atoms with Gasteiger partial charge in [0, 0.05) is 49.7 Å². The van der Waals surface area contributed by atoms with Crippen molar-refractivity contribution in [1.29, 1.82) is 0 Å². The number of halogens is 1. The molecule has 1 aromatic carbocycles. The van der Waals surface area contributed by atoms with Crippen molar-refractivity contribution in [1.82, 2.24) is 23.9 Å². The fourth-order valence-corrected chi connectivity index (χ4v) is 6.37. The number of pyridine rings is 1. The lowest BCUT2D eigenvalue weighted by Gasteiger charge is -2.31. The summed E-state index contributed by atoms with van der Waals surface area (Å²) < 4.78 is 30.7. The van der Waals surface area contributed by atoms with E-state index in [0.29, 0.717) is 43.3 Å². The molecular weight excluding hydrogens is 540 g/mol. The van der Waals surface area contributed by atoms with E-state index in [2.05, 4.69) is 45.2 Å². The molecule has 0 bridgehead atoms. The second-order valence-electron chi connectivity index (χ2n) is 9.41. The van der Waals surface area contributed by atoms with E-state index in [9.17, 15) is 8.42 Å². The van der Waals surface area contributed by atoms with Crippen LogP contribution in [0.25, 0.3) is 5.65 Å². The van der Waals surface area contributed by atoms with Gasteiger partial charge >= 0.3 is 0 Å². The van der Waals surface area contributed by atoms with Crippen molar-refractivity contribution in [3.05, 3.63) is 82.3 Å². The second-order valence-corrected chi connectivity index (χ2v) is 12.2. The number of fused-ring (bicyclic) bond motifs is 1. The minimum Gasteiger partial charge on any atom is -0.366 e. The number of anilines is 1. The van der Waals surface area contributed by atoms with Crippen LogP contribution in [0.15, 0.2) is 70.4 Å². The van der Waals surface area contributed by atoms with Gasteiger partial charge in [0.1, 0.15) is 5.82 Å². The number of hydrogen-bond acceptors (Lipinski definition) is 6. The molecule has 0 spiro atoms. The number of rotatable bonds is 7. The molecule has 4 aromatic rings. The molecule has 0 amide bonds. The highest BCUT2D eigenvalue weighted by atomic mass is 79.9. The molecular formula is C26H29BrN6O2S. The summed E-state index contributed by atoms with van der Waals surface area (Å²) >= 11 is 3.56. The molecule has 1 fully saturated rings. The zero-order valence-electron chi connectivity index (χ0n) is 20.3. The van der Waals surface area contributed by atoms with E-state index in [4.69, 9.17) is 4.98 Å². The molecule has 0 radical (unpaired) electrons. The van der Waals surface area contributed by atoms with E-state index in [1.54, 1.807) is 33.3 Å². The van der Waals surface area contributed by atoms with Gasteiger partial charge in [-0.2, -0.15) is 13.9 Å². The molecule has 5 rings (SSSR count). The van der Waals surface area contributed by atoms with E-state index >= 15 is 0 Å². The predicted octanol–water partition coefficient (Wildman–Crippen LogP) is 5.19. The first-order valence-corrected chi connectivity index (χ1v) is 14.3. The molecule has 3 aromatic heterocycles. The highest BCUT2D eigenvalue weighted by molar-refractivity contribution is 9.10. The number of piperidine rings is 1. The van der Waals surface area contributed by atoms with Crippen molar-refractivity contribution in [3.63, 3.8) is 0 Å². The maximum absolute atomic E-state index is 13.2. The van der Waals surface area contributed by atoms with Gasteiger partial charge in [-0.05, 0) is 64.0 Å². The summed E-state index contributed by atoms with van der Waals surface area (Å²) in [6.45, 7) is 5.73. The fraction of sp³-hybridized carbons (Fsp3) is 0.346. The molecule has 10 heteroatoms. The molecule has 1 aliphatic heterocycles. The average Bonchev–Trinajstić information content (AvgIpc) is 3.28. The number of aromatic nitrogens is 4. The van der Waals surface area contributed by atoms with Crippen LogP contribution in [0, 0.1) is 0 Å². The Hall–Kier alpha value is -2.82. The SMILES string of the molecule is CC(C)c1ccc(S(=O)(=O)N2CCC(c3cc(NCc4cccnc4)n4ncc(Br)c4n3)CC2)cc1. The molecule has 1 saturated heterocycles. The van der Waals surface area contributed by atoms with Crippen molar-refractivity contribution in [2.45, 2.75) is 50.0 Å². The zero-order chi connectivity index (χ0) is 25.3. The number of hydrogen-bond donors (Lipinski definition) is 1. The van der Waals surface area contributed by atoms with Gasteiger partial charge in [0.05, 0.1) is 15.6 Å². The first-order chi connectivity index (χ1) is 17.3. The van der Waals surface area contributed by atoms with Crippen molar-refractivity contribution in [2.24, 2.45) is 0 Å². The van der Waals surface area contributed by atoms with Crippen molar-refractivity contribution < 1.29 is 8.42 Å². The topological polar surface area (TPSA) is 92.5 Å². The Kier molecular flexibility index (Phi) is 7.09. The lowest BCUT2D eigenvalue weighted by atomic mass is 9.94. The summed E-state index contributed by atoms with van der Waals surface area (Å²) in [5, 5.41) is 7.91. The van der Waals surface area contributed by atoms with Crippen LogP contribution in [0.5, 0.6) is 0 Å². The van der Waals surface area contributed by atoms with Gasteiger partial charge in [0.15, 0.2) is 5.65 Å². The normalized spacial score (nSPS) is 15.6. The molecule has 188 valence electrons. The monoisotopic (exact) mass is 568 g/mol. The Morgan fingerprint density at radius 1 is 1.11 bits per heavy atom. The fourth-order valence-electron chi connectivity index (χ4n) is 4.55. The molecule has 1 N–H and O–H groups in total. The minimum absolute atomic E-state index is 0.158. The Bertz CT molecular complexity index is 1450. The molecule has 0 unspecified atom stereocenters. The highest BCUT2D eigenvalue weighted by Crippen LogP contribution is 2.32. The van der Waals surface area contributed by atoms with Crippen LogP contribution >= 0.6 is 15.9 Å². The zero-order valence-corrected chi connectivity index (χ0v) is 22.7. The molecule has 4 heterocycles. The van der Waals surface area contributed by atoms with Crippen LogP contribution in [0.1, 0.15) is 55.3 Å². The largest absolute Gasteiger partial charge is 0.366 e. The lowest BCUT2D eigenvalue weighted by molar-refractivity contribution is 0.317. The molecule has 0 atom stereocenters. The summed E-state index contributed by atoms with van der Waals surface area (Å²) in [6.07, 6.45) is 6.74. The Morgan fingerprint density at radius 3 is 2.53 bits per heavy atom. The van der Waals surface area contributed by atoms with Crippen LogP contribution in [-0.4, -0.2) is 45.4 Å². The maximum Gasteiger partial charge on any atom is 0.243 e. The van der Waals surface area contributed by atoms with Gasteiger partial charge < -0.3 is 5.32 Å². The van der Waals surface area contributed by atoms with Crippen molar-refractivity contribution >= 4 is 37.4 Å². The summed E-state index contributed by atoms with van der Waals surface area (Å²) in [7, 11) is -3.52. The van der Waals surface area contributed by atoms with Gasteiger partial charge in [-0.25, -0.2) is 13.4 Å². The van der Waals surface area contributed by atoms with Gasteiger partial charge in [-0.3, -0.25) is 4.98 Å². The van der Waals surface area contributed by atoms with Crippen LogP contribution in [0.3, 0.4) is 0 Å². The maximum atomic E-state index is 13.2. The highest BCUT2D eigenvalue weighted by Gasteiger charge is 2.31. The number of sulfonamides is 1. The molecule has 36 heavy (non-hydrogen) atoms. The third-order valence-corrected chi connectivity index (χ3v) is 9.17. The molecule has 8 nitrogen and oxygen atoms in total.